The Morgan fingerprint density at radius 2 is 1.87 bits per heavy atom. The Balaban J connectivity index is 1.37. The quantitative estimate of drug-likeness (QED) is 0.496. The molecule has 1 saturated carbocycles. The third-order valence-electron chi connectivity index (χ3n) is 6.77. The van der Waals surface area contributed by atoms with E-state index in [1.54, 1.807) is 0 Å². The minimum absolute atomic E-state index is 0.220. The van der Waals surface area contributed by atoms with Crippen molar-refractivity contribution >= 4 is 23.2 Å². The zero-order valence-electron chi connectivity index (χ0n) is 18.5. The summed E-state index contributed by atoms with van der Waals surface area (Å²) in [4.78, 5) is 20.0. The molecule has 31 heavy (non-hydrogen) atoms. The van der Waals surface area contributed by atoms with Crippen LogP contribution in [0.4, 0.5) is 0 Å². The molecule has 166 valence electrons. The number of rotatable bonds is 7. The third-order valence-corrected chi connectivity index (χ3v) is 7.89. The number of thiophene rings is 1. The van der Waals surface area contributed by atoms with Crippen molar-refractivity contribution in [2.75, 3.05) is 20.1 Å². The highest BCUT2D eigenvalue weighted by atomic mass is 32.1. The topological polar surface area (TPSA) is 56.7 Å². The molecular weight excluding hydrogens is 404 g/mol. The van der Waals surface area contributed by atoms with Gasteiger partial charge in [-0.1, -0.05) is 49.6 Å². The van der Waals surface area contributed by atoms with Crippen molar-refractivity contribution < 1.29 is 4.79 Å². The van der Waals surface area contributed by atoms with Gasteiger partial charge in [0.1, 0.15) is 0 Å². The zero-order chi connectivity index (χ0) is 21.5. The van der Waals surface area contributed by atoms with Crippen LogP contribution in [0.3, 0.4) is 0 Å². The van der Waals surface area contributed by atoms with Gasteiger partial charge in [0.15, 0.2) is 5.96 Å². The molecule has 0 radical (unpaired) electrons. The highest BCUT2D eigenvalue weighted by molar-refractivity contribution is 7.10. The van der Waals surface area contributed by atoms with Gasteiger partial charge < -0.3 is 15.5 Å². The number of carbonyl (C=O) groups excluding carboxylic acids is 1. The number of guanidine groups is 1. The summed E-state index contributed by atoms with van der Waals surface area (Å²) in [5.41, 5.74) is 2.65. The van der Waals surface area contributed by atoms with Crippen LogP contribution in [0, 0.1) is 0 Å². The Morgan fingerprint density at radius 1 is 1.06 bits per heavy atom. The summed E-state index contributed by atoms with van der Waals surface area (Å²) in [5.74, 6) is 1.11. The molecule has 5 nitrogen and oxygen atoms in total. The van der Waals surface area contributed by atoms with Gasteiger partial charge in [-0.25, -0.2) is 0 Å². The third kappa shape index (κ3) is 5.29. The molecule has 1 aliphatic heterocycles. The lowest BCUT2D eigenvalue weighted by Gasteiger charge is -2.37. The molecule has 4 rings (SSSR count). The standard InChI is InChI=1S/C25H34N4OS/c1-26-24(28-19-25(13-5-2-6-14-25)22-11-8-16-31-22)27-17-20-9-3-4-10-21(20)18-29-15-7-12-23(29)30/h3-4,8-11,16H,2,5-7,12-15,17-19H2,1H3,(H2,26,27,28). The molecule has 2 fully saturated rings. The van der Waals surface area contributed by atoms with E-state index in [-0.39, 0.29) is 11.3 Å². The summed E-state index contributed by atoms with van der Waals surface area (Å²) in [5, 5.41) is 9.32. The maximum Gasteiger partial charge on any atom is 0.222 e. The maximum atomic E-state index is 12.0. The minimum Gasteiger partial charge on any atom is -0.355 e. The van der Waals surface area contributed by atoms with Crippen molar-refractivity contribution in [3.05, 3.63) is 57.8 Å². The Morgan fingerprint density at radius 3 is 2.55 bits per heavy atom. The molecule has 0 unspecified atom stereocenters. The summed E-state index contributed by atoms with van der Waals surface area (Å²) < 4.78 is 0. The smallest absolute Gasteiger partial charge is 0.222 e. The average Bonchev–Trinajstić information content (AvgIpc) is 3.48. The van der Waals surface area contributed by atoms with E-state index in [0.29, 0.717) is 19.5 Å². The van der Waals surface area contributed by atoms with Gasteiger partial charge in [-0.05, 0) is 41.8 Å². The number of aliphatic imine (C=N–C) groups is 1. The predicted molar refractivity (Wildman–Crippen MR) is 128 cm³/mol. The monoisotopic (exact) mass is 438 g/mol. The molecule has 1 aromatic heterocycles. The number of likely N-dealkylation sites (tertiary alicyclic amines) is 1. The number of amides is 1. The molecule has 2 heterocycles. The van der Waals surface area contributed by atoms with Crippen LogP contribution in [0.1, 0.15) is 60.9 Å². The van der Waals surface area contributed by atoms with Crippen molar-refractivity contribution in [1.29, 1.82) is 0 Å². The number of nitrogens with zero attached hydrogens (tertiary/aromatic N) is 2. The molecule has 0 bridgehead atoms. The lowest BCUT2D eigenvalue weighted by molar-refractivity contribution is -0.128. The predicted octanol–water partition coefficient (Wildman–Crippen LogP) is 4.44. The fraction of sp³-hybridized carbons (Fsp3) is 0.520. The molecule has 1 aliphatic carbocycles. The lowest BCUT2D eigenvalue weighted by atomic mass is 9.73. The summed E-state index contributed by atoms with van der Waals surface area (Å²) in [6.45, 7) is 3.18. The highest BCUT2D eigenvalue weighted by Crippen LogP contribution is 2.41. The Bertz CT molecular complexity index is 887. The number of hydrogen-bond acceptors (Lipinski definition) is 3. The van der Waals surface area contributed by atoms with E-state index >= 15 is 0 Å². The average molecular weight is 439 g/mol. The van der Waals surface area contributed by atoms with Gasteiger partial charge in [0.25, 0.3) is 0 Å². The largest absolute Gasteiger partial charge is 0.355 e. The summed E-state index contributed by atoms with van der Waals surface area (Å²) in [6.07, 6.45) is 8.08. The first-order chi connectivity index (χ1) is 15.2. The van der Waals surface area contributed by atoms with Gasteiger partial charge in [0.2, 0.25) is 5.91 Å². The maximum absolute atomic E-state index is 12.0. The summed E-state index contributed by atoms with van der Waals surface area (Å²) in [7, 11) is 1.84. The van der Waals surface area contributed by atoms with Crippen molar-refractivity contribution in [2.24, 2.45) is 4.99 Å². The fourth-order valence-electron chi connectivity index (χ4n) is 4.93. The Labute approximate surface area is 190 Å². The van der Waals surface area contributed by atoms with Crippen LogP contribution in [0.5, 0.6) is 0 Å². The molecule has 2 N–H and O–H groups in total. The van der Waals surface area contributed by atoms with Crippen LogP contribution < -0.4 is 10.6 Å². The van der Waals surface area contributed by atoms with E-state index in [1.807, 2.05) is 23.3 Å². The van der Waals surface area contributed by atoms with E-state index < -0.39 is 0 Å². The van der Waals surface area contributed by atoms with Gasteiger partial charge >= 0.3 is 0 Å². The van der Waals surface area contributed by atoms with Gasteiger partial charge in [0.05, 0.1) is 0 Å². The van der Waals surface area contributed by atoms with Crippen molar-refractivity contribution in [2.45, 2.75) is 63.5 Å². The first-order valence-electron chi connectivity index (χ1n) is 11.5. The SMILES string of the molecule is CN=C(NCc1ccccc1CN1CCCC1=O)NCC1(c2cccs2)CCCCC1. The van der Waals surface area contributed by atoms with Crippen molar-refractivity contribution in [3.8, 4) is 0 Å². The molecular formula is C25H34N4OS. The number of carbonyl (C=O) groups is 1. The van der Waals surface area contributed by atoms with Crippen LogP contribution >= 0.6 is 11.3 Å². The number of hydrogen-bond donors (Lipinski definition) is 2. The summed E-state index contributed by atoms with van der Waals surface area (Å²) in [6, 6.07) is 12.9. The Kier molecular flexibility index (Phi) is 7.28. The molecule has 1 aromatic carbocycles. The molecule has 1 amide bonds. The first kappa shape index (κ1) is 21.9. The van der Waals surface area contributed by atoms with E-state index in [2.05, 4.69) is 57.4 Å². The number of benzene rings is 1. The summed E-state index contributed by atoms with van der Waals surface area (Å²) >= 11 is 1.88. The minimum atomic E-state index is 0.220. The number of nitrogens with one attached hydrogen (secondary N) is 2. The van der Waals surface area contributed by atoms with E-state index in [9.17, 15) is 4.79 Å². The second-order valence-corrected chi connectivity index (χ2v) is 9.73. The van der Waals surface area contributed by atoms with E-state index in [4.69, 9.17) is 0 Å². The molecule has 2 aliphatic rings. The second-order valence-electron chi connectivity index (χ2n) is 8.79. The normalized spacial score (nSPS) is 18.9. The Hall–Kier alpha value is -2.34. The fourth-order valence-corrected chi connectivity index (χ4v) is 5.92. The second kappa shape index (κ2) is 10.3. The van der Waals surface area contributed by atoms with Gasteiger partial charge in [-0.15, -0.1) is 11.3 Å². The van der Waals surface area contributed by atoms with Crippen LogP contribution in [-0.4, -0.2) is 36.9 Å². The van der Waals surface area contributed by atoms with Gasteiger partial charge in [-0.2, -0.15) is 0 Å². The zero-order valence-corrected chi connectivity index (χ0v) is 19.3. The van der Waals surface area contributed by atoms with Crippen molar-refractivity contribution in [3.63, 3.8) is 0 Å². The molecule has 0 atom stereocenters. The van der Waals surface area contributed by atoms with Crippen LogP contribution in [-0.2, 0) is 23.3 Å². The van der Waals surface area contributed by atoms with Crippen LogP contribution in [0.2, 0.25) is 0 Å². The highest BCUT2D eigenvalue weighted by Gasteiger charge is 2.34. The van der Waals surface area contributed by atoms with Crippen LogP contribution in [0.25, 0.3) is 0 Å². The van der Waals surface area contributed by atoms with Crippen molar-refractivity contribution in [1.82, 2.24) is 15.5 Å². The molecule has 6 heteroatoms. The van der Waals surface area contributed by atoms with Gasteiger partial charge in [-0.3, -0.25) is 9.79 Å². The van der Waals surface area contributed by atoms with E-state index in [0.717, 1.165) is 25.5 Å². The molecule has 2 aromatic rings. The first-order valence-corrected chi connectivity index (χ1v) is 12.4. The molecule has 0 spiro atoms. The molecule has 1 saturated heterocycles. The van der Waals surface area contributed by atoms with Gasteiger partial charge in [0, 0.05) is 49.9 Å². The lowest BCUT2D eigenvalue weighted by Crippen LogP contribution is -2.46. The van der Waals surface area contributed by atoms with E-state index in [1.165, 1.54) is 48.1 Å². The van der Waals surface area contributed by atoms with Crippen LogP contribution in [0.15, 0.2) is 46.8 Å².